The molecule has 18 heavy (non-hydrogen) atoms. The van der Waals surface area contributed by atoms with Crippen molar-refractivity contribution in [2.24, 2.45) is 0 Å². The predicted octanol–water partition coefficient (Wildman–Crippen LogP) is 3.72. The van der Waals surface area contributed by atoms with Gasteiger partial charge in [-0.1, -0.05) is 24.6 Å². The molecule has 1 N–H and O–H groups in total. The molecule has 4 heteroatoms. The Bertz CT molecular complexity index is 399. The molecular weight excluding hydrogens is 266 g/mol. The molecule has 0 radical (unpaired) electrons. The van der Waals surface area contributed by atoms with Crippen LogP contribution in [0.15, 0.2) is 23.1 Å². The lowest BCUT2D eigenvalue weighted by atomic mass is 10.2. The van der Waals surface area contributed by atoms with E-state index < -0.39 is 0 Å². The molecule has 100 valence electrons. The van der Waals surface area contributed by atoms with Crippen molar-refractivity contribution < 1.29 is 4.74 Å². The molecule has 0 aromatic heterocycles. The lowest BCUT2D eigenvalue weighted by Gasteiger charge is -2.17. The van der Waals surface area contributed by atoms with Crippen LogP contribution < -0.4 is 5.32 Å². The summed E-state index contributed by atoms with van der Waals surface area (Å²) in [6.45, 7) is 6.93. The van der Waals surface area contributed by atoms with Crippen LogP contribution in [0.25, 0.3) is 0 Å². The number of benzene rings is 1. The number of hydrogen-bond acceptors (Lipinski definition) is 3. The van der Waals surface area contributed by atoms with Crippen LogP contribution in [0.1, 0.15) is 25.8 Å². The smallest absolute Gasteiger partial charge is 0.0669 e. The number of thioether (sulfide) groups is 1. The van der Waals surface area contributed by atoms with Gasteiger partial charge in [0.2, 0.25) is 0 Å². The maximum atomic E-state index is 6.30. The number of rotatable bonds is 5. The van der Waals surface area contributed by atoms with Gasteiger partial charge < -0.3 is 10.1 Å². The molecule has 0 bridgehead atoms. The molecule has 2 nitrogen and oxygen atoms in total. The Labute approximate surface area is 118 Å². The first-order valence-electron chi connectivity index (χ1n) is 6.48. The highest BCUT2D eigenvalue weighted by Crippen LogP contribution is 2.36. The quantitative estimate of drug-likeness (QED) is 0.891. The minimum absolute atomic E-state index is 0.334. The van der Waals surface area contributed by atoms with Crippen molar-refractivity contribution in [3.8, 4) is 0 Å². The van der Waals surface area contributed by atoms with Gasteiger partial charge in [0.05, 0.1) is 6.10 Å². The molecule has 0 saturated carbocycles. The SMILES string of the molecule is CCNCc1c(Cl)cccc1SC1CCOC1C. The van der Waals surface area contributed by atoms with Crippen molar-refractivity contribution in [3.05, 3.63) is 28.8 Å². The Morgan fingerprint density at radius 2 is 2.33 bits per heavy atom. The Morgan fingerprint density at radius 1 is 1.50 bits per heavy atom. The van der Waals surface area contributed by atoms with Crippen LogP contribution in [0.2, 0.25) is 5.02 Å². The van der Waals surface area contributed by atoms with E-state index in [2.05, 4.69) is 25.2 Å². The average Bonchev–Trinajstić information content (AvgIpc) is 2.74. The zero-order valence-corrected chi connectivity index (χ0v) is 12.5. The fourth-order valence-electron chi connectivity index (χ4n) is 2.10. The lowest BCUT2D eigenvalue weighted by molar-refractivity contribution is 0.127. The monoisotopic (exact) mass is 285 g/mol. The number of hydrogen-bond donors (Lipinski definition) is 1. The van der Waals surface area contributed by atoms with Crippen LogP contribution in [0.3, 0.4) is 0 Å². The second kappa shape index (κ2) is 6.80. The Kier molecular flexibility index (Phi) is 5.37. The van der Waals surface area contributed by atoms with E-state index in [1.807, 2.05) is 23.9 Å². The second-order valence-corrected chi connectivity index (χ2v) is 6.21. The van der Waals surface area contributed by atoms with Gasteiger partial charge >= 0.3 is 0 Å². The van der Waals surface area contributed by atoms with Crippen LogP contribution in [-0.4, -0.2) is 24.5 Å². The van der Waals surface area contributed by atoms with Crippen LogP contribution in [-0.2, 0) is 11.3 Å². The van der Waals surface area contributed by atoms with E-state index in [4.69, 9.17) is 16.3 Å². The summed E-state index contributed by atoms with van der Waals surface area (Å²) >= 11 is 8.20. The van der Waals surface area contributed by atoms with Crippen LogP contribution in [0.4, 0.5) is 0 Å². The highest BCUT2D eigenvalue weighted by Gasteiger charge is 2.26. The first-order valence-corrected chi connectivity index (χ1v) is 7.74. The molecule has 2 atom stereocenters. The van der Waals surface area contributed by atoms with Crippen molar-refractivity contribution in [1.29, 1.82) is 0 Å². The van der Waals surface area contributed by atoms with Crippen molar-refractivity contribution >= 4 is 23.4 Å². The zero-order valence-electron chi connectivity index (χ0n) is 10.9. The molecule has 0 spiro atoms. The Morgan fingerprint density at radius 3 is 3.00 bits per heavy atom. The van der Waals surface area contributed by atoms with Crippen molar-refractivity contribution in [1.82, 2.24) is 5.32 Å². The summed E-state index contributed by atoms with van der Waals surface area (Å²) < 4.78 is 5.62. The molecule has 1 aliphatic rings. The van der Waals surface area contributed by atoms with Gasteiger partial charge in [0, 0.05) is 28.3 Å². The topological polar surface area (TPSA) is 21.3 Å². The zero-order chi connectivity index (χ0) is 13.0. The van der Waals surface area contributed by atoms with Gasteiger partial charge in [0.25, 0.3) is 0 Å². The minimum atomic E-state index is 0.334. The van der Waals surface area contributed by atoms with Crippen LogP contribution in [0, 0.1) is 0 Å². The Balaban J connectivity index is 2.13. The van der Waals surface area contributed by atoms with E-state index in [9.17, 15) is 0 Å². The summed E-state index contributed by atoms with van der Waals surface area (Å²) in [6.07, 6.45) is 1.46. The highest BCUT2D eigenvalue weighted by molar-refractivity contribution is 8.00. The molecule has 1 heterocycles. The maximum Gasteiger partial charge on any atom is 0.0669 e. The largest absolute Gasteiger partial charge is 0.377 e. The summed E-state index contributed by atoms with van der Waals surface area (Å²) in [4.78, 5) is 1.28. The molecule has 0 aliphatic carbocycles. The molecule has 1 aromatic rings. The first-order chi connectivity index (χ1) is 8.72. The van der Waals surface area contributed by atoms with Crippen molar-refractivity contribution in [3.63, 3.8) is 0 Å². The molecule has 2 unspecified atom stereocenters. The van der Waals surface area contributed by atoms with Gasteiger partial charge in [0.15, 0.2) is 0 Å². The van der Waals surface area contributed by atoms with Gasteiger partial charge in [-0.05, 0) is 37.6 Å². The lowest BCUT2D eigenvalue weighted by Crippen LogP contribution is -2.16. The van der Waals surface area contributed by atoms with Crippen LogP contribution >= 0.6 is 23.4 Å². The number of nitrogens with one attached hydrogen (secondary N) is 1. The summed E-state index contributed by atoms with van der Waals surface area (Å²) in [5, 5.41) is 4.75. The highest BCUT2D eigenvalue weighted by atomic mass is 35.5. The minimum Gasteiger partial charge on any atom is -0.377 e. The molecule has 1 aromatic carbocycles. The third-order valence-electron chi connectivity index (χ3n) is 3.21. The summed E-state index contributed by atoms with van der Waals surface area (Å²) in [7, 11) is 0. The number of halogens is 1. The van der Waals surface area contributed by atoms with Gasteiger partial charge in [-0.2, -0.15) is 0 Å². The summed E-state index contributed by atoms with van der Waals surface area (Å²) in [5.74, 6) is 0. The molecule has 0 amide bonds. The van der Waals surface area contributed by atoms with Gasteiger partial charge in [-0.3, -0.25) is 0 Å². The third kappa shape index (κ3) is 3.41. The normalized spacial score (nSPS) is 23.5. The second-order valence-electron chi connectivity index (χ2n) is 4.52. The molecular formula is C14H20ClNOS. The van der Waals surface area contributed by atoms with E-state index >= 15 is 0 Å². The van der Waals surface area contributed by atoms with E-state index in [0.29, 0.717) is 11.4 Å². The molecule has 1 saturated heterocycles. The van der Waals surface area contributed by atoms with Crippen LogP contribution in [0.5, 0.6) is 0 Å². The third-order valence-corrected chi connectivity index (χ3v) is 5.12. The van der Waals surface area contributed by atoms with Crippen molar-refractivity contribution in [2.75, 3.05) is 13.2 Å². The van der Waals surface area contributed by atoms with Crippen molar-refractivity contribution in [2.45, 2.75) is 43.1 Å². The Hall–Kier alpha value is -0.220. The molecule has 2 rings (SSSR count). The maximum absolute atomic E-state index is 6.30. The number of ether oxygens (including phenoxy) is 1. The van der Waals surface area contributed by atoms with E-state index in [1.165, 1.54) is 10.5 Å². The summed E-state index contributed by atoms with van der Waals surface area (Å²) in [5.41, 5.74) is 1.21. The van der Waals surface area contributed by atoms with Gasteiger partial charge in [-0.25, -0.2) is 0 Å². The first kappa shape index (κ1) is 14.2. The standard InChI is InChI=1S/C14H20ClNOS/c1-3-16-9-11-12(15)5-4-6-14(11)18-13-7-8-17-10(13)2/h4-6,10,13,16H,3,7-9H2,1-2H3. The van der Waals surface area contributed by atoms with Gasteiger partial charge in [0.1, 0.15) is 0 Å². The average molecular weight is 286 g/mol. The fourth-order valence-corrected chi connectivity index (χ4v) is 3.69. The molecule has 1 fully saturated rings. The fraction of sp³-hybridized carbons (Fsp3) is 0.571. The predicted molar refractivity (Wildman–Crippen MR) is 78.5 cm³/mol. The summed E-state index contributed by atoms with van der Waals surface area (Å²) in [6, 6.07) is 6.15. The van der Waals surface area contributed by atoms with E-state index in [-0.39, 0.29) is 0 Å². The van der Waals surface area contributed by atoms with E-state index in [0.717, 1.165) is 31.1 Å². The van der Waals surface area contributed by atoms with E-state index in [1.54, 1.807) is 0 Å². The molecule has 1 aliphatic heterocycles. The van der Waals surface area contributed by atoms with Gasteiger partial charge in [-0.15, -0.1) is 11.8 Å².